The van der Waals surface area contributed by atoms with Gasteiger partial charge in [-0.25, -0.2) is 22.5 Å². The van der Waals surface area contributed by atoms with Crippen molar-refractivity contribution in [3.63, 3.8) is 0 Å². The lowest BCUT2D eigenvalue weighted by atomic mass is 9.78. The fourth-order valence-electron chi connectivity index (χ4n) is 6.72. The van der Waals surface area contributed by atoms with E-state index in [2.05, 4.69) is 4.98 Å². The Morgan fingerprint density at radius 2 is 1.49 bits per heavy atom. The second kappa shape index (κ2) is 9.59. The van der Waals surface area contributed by atoms with Gasteiger partial charge in [0.05, 0.1) is 24.0 Å². The fourth-order valence-corrected chi connectivity index (χ4v) is 6.72. The van der Waals surface area contributed by atoms with Crippen LogP contribution >= 0.6 is 0 Å². The Kier molecular flexibility index (Phi) is 6.37. The van der Waals surface area contributed by atoms with Gasteiger partial charge in [-0.3, -0.25) is 14.2 Å². The molecule has 1 aromatic carbocycles. The molecule has 1 N–H and O–H groups in total. The zero-order chi connectivity index (χ0) is 32.3. The quantitative estimate of drug-likeness (QED) is 0.355. The summed E-state index contributed by atoms with van der Waals surface area (Å²) in [7, 11) is 0. The van der Waals surface area contributed by atoms with Gasteiger partial charge < -0.3 is 15.0 Å². The summed E-state index contributed by atoms with van der Waals surface area (Å²) in [6.07, 6.45) is -5.70. The number of carbonyl (C=O) groups excluding carboxylic acids is 1. The Bertz CT molecular complexity index is 1770. The fraction of sp³-hybridized carbons (Fsp3) is 0.483. The van der Waals surface area contributed by atoms with Gasteiger partial charge in [0.1, 0.15) is 22.6 Å². The molecule has 4 fully saturated rings. The van der Waals surface area contributed by atoms with Crippen molar-refractivity contribution in [3.8, 4) is 5.69 Å². The predicted molar refractivity (Wildman–Crippen MR) is 139 cm³/mol. The van der Waals surface area contributed by atoms with E-state index in [1.807, 2.05) is 5.32 Å². The van der Waals surface area contributed by atoms with Crippen LogP contribution in [0.1, 0.15) is 36.0 Å². The topological polar surface area (TPSA) is 76.5 Å². The van der Waals surface area contributed by atoms with E-state index in [9.17, 15) is 27.2 Å². The Labute approximate surface area is 248 Å². The molecule has 0 bridgehead atoms. The molecule has 0 atom stereocenters. The first-order chi connectivity index (χ1) is 21.1. The van der Waals surface area contributed by atoms with Gasteiger partial charge in [0.2, 0.25) is 5.43 Å². The molecule has 1 amide bonds. The molecule has 0 unspecified atom stereocenters. The lowest BCUT2D eigenvalue weighted by molar-refractivity contribution is -0.316. The highest BCUT2D eigenvalue weighted by Gasteiger charge is 2.77. The van der Waals surface area contributed by atoms with Gasteiger partial charge in [0, 0.05) is 31.4 Å². The third kappa shape index (κ3) is 4.41. The van der Waals surface area contributed by atoms with Crippen LogP contribution in [0.15, 0.2) is 29.2 Å². The van der Waals surface area contributed by atoms with Gasteiger partial charge in [-0.2, -0.15) is 22.0 Å². The van der Waals surface area contributed by atoms with E-state index in [1.54, 1.807) is 0 Å². The number of halogens is 9. The molecule has 2 aliphatic carbocycles. The van der Waals surface area contributed by atoms with Gasteiger partial charge in [-0.15, -0.1) is 0 Å². The maximum Gasteiger partial charge on any atom is 0.455 e. The molecule has 16 heteroatoms. The first-order valence-electron chi connectivity index (χ1n) is 14.1. The molecule has 1 spiro atoms. The molecule has 7 nitrogen and oxygen atoms in total. The smallest absolute Gasteiger partial charge is 0.380 e. The van der Waals surface area contributed by atoms with Gasteiger partial charge in [-0.1, -0.05) is 0 Å². The van der Waals surface area contributed by atoms with Crippen molar-refractivity contribution in [1.82, 2.24) is 14.9 Å². The molecule has 2 aromatic heterocycles. The maximum absolute atomic E-state index is 15.4. The Balaban J connectivity index is 1.39. The summed E-state index contributed by atoms with van der Waals surface area (Å²) in [6.45, 7) is 1.46. The zero-order valence-corrected chi connectivity index (χ0v) is 23.1. The minimum absolute atomic E-state index is 0.0434. The second-order valence-corrected chi connectivity index (χ2v) is 12.4. The average molecular weight is 647 g/mol. The number of alkyl halides is 5. The molecule has 4 aliphatic rings. The van der Waals surface area contributed by atoms with E-state index < -0.39 is 86.4 Å². The number of amides is 1. The highest BCUT2D eigenvalue weighted by Crippen LogP contribution is 2.62. The lowest BCUT2D eigenvalue weighted by Crippen LogP contribution is -2.69. The van der Waals surface area contributed by atoms with E-state index in [4.69, 9.17) is 4.74 Å². The van der Waals surface area contributed by atoms with Crippen molar-refractivity contribution in [2.45, 2.75) is 43.3 Å². The van der Waals surface area contributed by atoms with Crippen LogP contribution in [0, 0.1) is 40.5 Å². The molecule has 240 valence electrons. The van der Waals surface area contributed by atoms with Crippen LogP contribution in [0.2, 0.25) is 0 Å². The number of anilines is 1. The monoisotopic (exact) mass is 646 g/mol. The van der Waals surface area contributed by atoms with E-state index >= 15 is 22.0 Å². The van der Waals surface area contributed by atoms with Crippen molar-refractivity contribution in [1.29, 1.82) is 0 Å². The van der Waals surface area contributed by atoms with E-state index in [0.29, 0.717) is 43.1 Å². The summed E-state index contributed by atoms with van der Waals surface area (Å²) in [6, 6.07) is 1.23. The molecule has 7 rings (SSSR count). The second-order valence-electron chi connectivity index (χ2n) is 12.4. The highest BCUT2D eigenvalue weighted by molar-refractivity contribution is 5.98. The Morgan fingerprint density at radius 3 is 1.98 bits per heavy atom. The number of pyridine rings is 2. The molecular weight excluding hydrogens is 623 g/mol. The van der Waals surface area contributed by atoms with E-state index in [0.717, 1.165) is 0 Å². The van der Waals surface area contributed by atoms with Crippen molar-refractivity contribution in [2.75, 3.05) is 31.2 Å². The van der Waals surface area contributed by atoms with Gasteiger partial charge in [-0.05, 0) is 43.6 Å². The number of nitrogens with one attached hydrogen (secondary N) is 1. The maximum atomic E-state index is 15.4. The minimum Gasteiger partial charge on any atom is -0.380 e. The van der Waals surface area contributed by atoms with E-state index in [1.165, 1.54) is 4.90 Å². The number of benzene rings is 1. The van der Waals surface area contributed by atoms with E-state index in [-0.39, 0.29) is 49.0 Å². The van der Waals surface area contributed by atoms with Crippen molar-refractivity contribution in [2.24, 2.45) is 17.3 Å². The van der Waals surface area contributed by atoms with Crippen LogP contribution in [-0.4, -0.2) is 59.4 Å². The molecule has 45 heavy (non-hydrogen) atoms. The number of hydrogen-bond acceptors (Lipinski definition) is 5. The number of carbonyl (C=O) groups is 1. The van der Waals surface area contributed by atoms with Crippen molar-refractivity contribution < 1.29 is 49.0 Å². The molecule has 3 aromatic rings. The number of fused-ring (bicyclic) bond motifs is 1. The summed E-state index contributed by atoms with van der Waals surface area (Å²) < 4.78 is 137. The van der Waals surface area contributed by atoms with Crippen LogP contribution in [0.25, 0.3) is 16.7 Å². The van der Waals surface area contributed by atoms with Crippen LogP contribution in [0.3, 0.4) is 0 Å². The predicted octanol–water partition coefficient (Wildman–Crippen LogP) is 5.26. The average Bonchev–Trinajstić information content (AvgIpc) is 3.80. The molecule has 4 heterocycles. The number of rotatable bonds is 7. The summed E-state index contributed by atoms with van der Waals surface area (Å²) in [5.74, 6) is -15.3. The summed E-state index contributed by atoms with van der Waals surface area (Å²) in [5.41, 5.74) is -7.37. The number of hydrogen-bond donors (Lipinski definition) is 1. The Morgan fingerprint density at radius 1 is 0.911 bits per heavy atom. The number of aromatic nitrogens is 2. The lowest BCUT2D eigenvalue weighted by Gasteiger charge is -2.55. The molecule has 2 saturated carbocycles. The summed E-state index contributed by atoms with van der Waals surface area (Å²) in [5, 5.41) is 1.10. The largest absolute Gasteiger partial charge is 0.455 e. The van der Waals surface area contributed by atoms with Crippen LogP contribution < -0.4 is 15.6 Å². The number of nitrogens with zero attached hydrogens (tertiary/aromatic N) is 3. The summed E-state index contributed by atoms with van der Waals surface area (Å²) in [4.78, 5) is 32.8. The van der Waals surface area contributed by atoms with Gasteiger partial charge >= 0.3 is 12.1 Å². The Hall–Kier alpha value is -3.82. The molecular formula is C29H23F9N4O3. The van der Waals surface area contributed by atoms with Crippen molar-refractivity contribution >= 4 is 22.8 Å². The van der Waals surface area contributed by atoms with Crippen LogP contribution in [0.5, 0.6) is 0 Å². The van der Waals surface area contributed by atoms with Crippen molar-refractivity contribution in [3.05, 3.63) is 63.5 Å². The van der Waals surface area contributed by atoms with Crippen LogP contribution in [0.4, 0.5) is 45.3 Å². The first kappa shape index (κ1) is 29.9. The normalized spacial score (nSPS) is 19.9. The zero-order valence-electron chi connectivity index (χ0n) is 23.1. The molecule has 2 saturated heterocycles. The molecule has 0 radical (unpaired) electrons. The standard InChI is InChI=1S/C29H23F9N4O3/c30-15-5-18(31)21(19(32)6-15)42-8-17(25(44)40-27(13-1-2-13,14-3-4-14)28(34,35)29(36,37)38)22(43)16-7-20(33)24(39-23(16)42)41-9-26(10-41)11-45-12-26/h5-8,13-14H,1-4,9-12H2,(H,40,44). The van der Waals surface area contributed by atoms with Crippen LogP contribution in [-0.2, 0) is 4.74 Å². The third-order valence-corrected chi connectivity index (χ3v) is 9.19. The SMILES string of the molecule is O=C(NC(C1CC1)(C1CC1)C(F)(F)C(F)(F)F)c1cn(-c2c(F)cc(F)cc2F)c2nc(N3CC4(COC4)C3)c(F)cc2c1=O. The molecule has 2 aliphatic heterocycles. The van der Waals surface area contributed by atoms with Gasteiger partial charge in [0.25, 0.3) is 5.91 Å². The van der Waals surface area contributed by atoms with Gasteiger partial charge in [0.15, 0.2) is 28.9 Å². The summed E-state index contributed by atoms with van der Waals surface area (Å²) >= 11 is 0. The first-order valence-corrected chi connectivity index (χ1v) is 14.1. The highest BCUT2D eigenvalue weighted by atomic mass is 19.4. The number of ether oxygens (including phenoxy) is 1. The third-order valence-electron chi connectivity index (χ3n) is 9.19. The minimum atomic E-state index is -6.06.